The maximum absolute atomic E-state index is 4.41. The van der Waals surface area contributed by atoms with Gasteiger partial charge in [0.25, 0.3) is 0 Å². The molecule has 2 aromatic heterocycles. The second kappa shape index (κ2) is 5.63. The van der Waals surface area contributed by atoms with Crippen molar-refractivity contribution in [2.45, 2.75) is 13.0 Å². The highest BCUT2D eigenvalue weighted by atomic mass is 32.1. The monoisotopic (exact) mass is 275 g/mol. The van der Waals surface area contributed by atoms with E-state index >= 15 is 0 Å². The third kappa shape index (κ3) is 2.74. The summed E-state index contributed by atoms with van der Waals surface area (Å²) in [6.45, 7) is 6.23. The summed E-state index contributed by atoms with van der Waals surface area (Å²) < 4.78 is 0. The van der Waals surface area contributed by atoms with Crippen molar-refractivity contribution in [1.82, 2.24) is 19.9 Å². The molecular weight excluding hydrogens is 258 g/mol. The molecule has 1 atom stereocenters. The van der Waals surface area contributed by atoms with E-state index in [0.717, 1.165) is 32.1 Å². The highest BCUT2D eigenvalue weighted by Gasteiger charge is 2.24. The second-order valence-electron chi connectivity index (χ2n) is 4.62. The molecule has 0 aromatic carbocycles. The molecule has 0 spiro atoms. The number of aromatic nitrogens is 3. The standard InChI is InChI=1S/C13H17N5S/c1-11(12-14-5-10-19-12)17-6-8-18(9-7-17)13-15-3-2-4-16-13/h2-5,10-11H,6-9H2,1H3. The number of hydrogen-bond acceptors (Lipinski definition) is 6. The number of rotatable bonds is 3. The van der Waals surface area contributed by atoms with Gasteiger partial charge in [0.15, 0.2) is 0 Å². The molecule has 3 heterocycles. The molecule has 3 rings (SSSR count). The molecule has 5 nitrogen and oxygen atoms in total. The molecule has 0 amide bonds. The summed E-state index contributed by atoms with van der Waals surface area (Å²) in [6.07, 6.45) is 5.48. The van der Waals surface area contributed by atoms with E-state index in [1.165, 1.54) is 5.01 Å². The number of hydrogen-bond donors (Lipinski definition) is 0. The molecule has 1 unspecified atom stereocenters. The number of piperazine rings is 1. The van der Waals surface area contributed by atoms with Gasteiger partial charge in [0, 0.05) is 50.1 Å². The number of anilines is 1. The lowest BCUT2D eigenvalue weighted by Crippen LogP contribution is -2.47. The predicted octanol–water partition coefficient (Wildman–Crippen LogP) is 1.82. The molecule has 0 bridgehead atoms. The van der Waals surface area contributed by atoms with E-state index in [2.05, 4.69) is 31.7 Å². The van der Waals surface area contributed by atoms with Crippen molar-refractivity contribution < 1.29 is 0 Å². The van der Waals surface area contributed by atoms with E-state index in [1.54, 1.807) is 23.7 Å². The zero-order valence-corrected chi connectivity index (χ0v) is 11.8. The second-order valence-corrected chi connectivity index (χ2v) is 5.54. The lowest BCUT2D eigenvalue weighted by atomic mass is 10.2. The highest BCUT2D eigenvalue weighted by Crippen LogP contribution is 2.23. The minimum atomic E-state index is 0.402. The summed E-state index contributed by atoms with van der Waals surface area (Å²) >= 11 is 1.73. The first-order chi connectivity index (χ1) is 9.34. The molecule has 0 radical (unpaired) electrons. The van der Waals surface area contributed by atoms with Gasteiger partial charge in [0.1, 0.15) is 5.01 Å². The van der Waals surface area contributed by atoms with Crippen molar-refractivity contribution in [1.29, 1.82) is 0 Å². The zero-order valence-electron chi connectivity index (χ0n) is 10.9. The molecule has 100 valence electrons. The minimum absolute atomic E-state index is 0.402. The topological polar surface area (TPSA) is 45.2 Å². The van der Waals surface area contributed by atoms with Gasteiger partial charge in [-0.25, -0.2) is 15.0 Å². The van der Waals surface area contributed by atoms with Gasteiger partial charge < -0.3 is 4.90 Å². The summed E-state index contributed by atoms with van der Waals surface area (Å²) in [5, 5.41) is 3.24. The molecule has 1 fully saturated rings. The van der Waals surface area contributed by atoms with Crippen LogP contribution in [-0.4, -0.2) is 46.0 Å². The Bertz CT molecular complexity index is 493. The van der Waals surface area contributed by atoms with Gasteiger partial charge in [0.05, 0.1) is 6.04 Å². The van der Waals surface area contributed by atoms with E-state index in [4.69, 9.17) is 0 Å². The first-order valence-electron chi connectivity index (χ1n) is 6.50. The Morgan fingerprint density at radius 1 is 1.05 bits per heavy atom. The van der Waals surface area contributed by atoms with Crippen LogP contribution in [-0.2, 0) is 0 Å². The molecule has 19 heavy (non-hydrogen) atoms. The van der Waals surface area contributed by atoms with Gasteiger partial charge in [-0.15, -0.1) is 11.3 Å². The Kier molecular flexibility index (Phi) is 3.70. The van der Waals surface area contributed by atoms with Gasteiger partial charge in [-0.1, -0.05) is 0 Å². The van der Waals surface area contributed by atoms with E-state index in [-0.39, 0.29) is 0 Å². The van der Waals surface area contributed by atoms with Gasteiger partial charge in [0.2, 0.25) is 5.95 Å². The van der Waals surface area contributed by atoms with Crippen LogP contribution in [0.25, 0.3) is 0 Å². The fourth-order valence-corrected chi connectivity index (χ4v) is 3.09. The smallest absolute Gasteiger partial charge is 0.225 e. The van der Waals surface area contributed by atoms with Gasteiger partial charge in [-0.05, 0) is 13.0 Å². The van der Waals surface area contributed by atoms with Crippen molar-refractivity contribution >= 4 is 17.3 Å². The first-order valence-corrected chi connectivity index (χ1v) is 7.38. The summed E-state index contributed by atoms with van der Waals surface area (Å²) in [4.78, 5) is 17.7. The molecule has 6 heteroatoms. The van der Waals surface area contributed by atoms with E-state index in [9.17, 15) is 0 Å². The average Bonchev–Trinajstić information content (AvgIpc) is 3.02. The maximum atomic E-state index is 4.41. The van der Waals surface area contributed by atoms with Crippen LogP contribution >= 0.6 is 11.3 Å². The fraction of sp³-hybridized carbons (Fsp3) is 0.462. The van der Waals surface area contributed by atoms with Crippen LogP contribution in [0, 0.1) is 0 Å². The first kappa shape index (κ1) is 12.5. The van der Waals surface area contributed by atoms with Crippen molar-refractivity contribution in [2.24, 2.45) is 0 Å². The molecular formula is C13H17N5S. The van der Waals surface area contributed by atoms with Crippen LogP contribution in [0.15, 0.2) is 30.0 Å². The molecule has 2 aromatic rings. The fourth-order valence-electron chi connectivity index (χ4n) is 2.36. The SMILES string of the molecule is CC(c1nccs1)N1CCN(c2ncccn2)CC1. The largest absolute Gasteiger partial charge is 0.338 e. The van der Waals surface area contributed by atoms with Gasteiger partial charge >= 0.3 is 0 Å². The Morgan fingerprint density at radius 2 is 1.79 bits per heavy atom. The maximum Gasteiger partial charge on any atom is 0.225 e. The Labute approximate surface area is 116 Å². The van der Waals surface area contributed by atoms with Crippen LogP contribution in [0.3, 0.4) is 0 Å². The zero-order chi connectivity index (χ0) is 13.1. The lowest BCUT2D eigenvalue weighted by Gasteiger charge is -2.37. The minimum Gasteiger partial charge on any atom is -0.338 e. The summed E-state index contributed by atoms with van der Waals surface area (Å²) in [6, 6.07) is 2.25. The van der Waals surface area contributed by atoms with Crippen LogP contribution < -0.4 is 4.90 Å². The predicted molar refractivity (Wildman–Crippen MR) is 76.3 cm³/mol. The van der Waals surface area contributed by atoms with E-state index < -0.39 is 0 Å². The summed E-state index contributed by atoms with van der Waals surface area (Å²) in [5.74, 6) is 0.837. The molecule has 1 aliphatic rings. The molecule has 0 saturated carbocycles. The lowest BCUT2D eigenvalue weighted by molar-refractivity contribution is 0.197. The third-order valence-electron chi connectivity index (χ3n) is 3.51. The number of thiazole rings is 1. The quantitative estimate of drug-likeness (QED) is 0.855. The van der Waals surface area contributed by atoms with Crippen LogP contribution in [0.1, 0.15) is 18.0 Å². The van der Waals surface area contributed by atoms with Crippen molar-refractivity contribution in [3.8, 4) is 0 Å². The van der Waals surface area contributed by atoms with Crippen molar-refractivity contribution in [3.05, 3.63) is 35.0 Å². The summed E-state index contributed by atoms with van der Waals surface area (Å²) in [5.41, 5.74) is 0. The van der Waals surface area contributed by atoms with Crippen LogP contribution in [0.5, 0.6) is 0 Å². The Morgan fingerprint density at radius 3 is 2.42 bits per heavy atom. The molecule has 1 saturated heterocycles. The van der Waals surface area contributed by atoms with Crippen molar-refractivity contribution in [3.63, 3.8) is 0 Å². The van der Waals surface area contributed by atoms with Crippen LogP contribution in [0.2, 0.25) is 0 Å². The molecule has 0 N–H and O–H groups in total. The molecule has 0 aliphatic carbocycles. The highest BCUT2D eigenvalue weighted by molar-refractivity contribution is 7.09. The Hall–Kier alpha value is -1.53. The van der Waals surface area contributed by atoms with E-state index in [0.29, 0.717) is 6.04 Å². The van der Waals surface area contributed by atoms with Crippen LogP contribution in [0.4, 0.5) is 5.95 Å². The van der Waals surface area contributed by atoms with Gasteiger partial charge in [-0.2, -0.15) is 0 Å². The molecule has 1 aliphatic heterocycles. The normalized spacial score (nSPS) is 18.5. The van der Waals surface area contributed by atoms with Crippen molar-refractivity contribution in [2.75, 3.05) is 31.1 Å². The Balaban J connectivity index is 1.61. The van der Waals surface area contributed by atoms with E-state index in [1.807, 2.05) is 17.6 Å². The van der Waals surface area contributed by atoms with Gasteiger partial charge in [-0.3, -0.25) is 4.90 Å². The summed E-state index contributed by atoms with van der Waals surface area (Å²) in [7, 11) is 0. The third-order valence-corrected chi connectivity index (χ3v) is 4.45. The number of nitrogens with zero attached hydrogens (tertiary/aromatic N) is 5. The average molecular weight is 275 g/mol.